The average Bonchev–Trinajstić information content (AvgIpc) is 2.56. The van der Waals surface area contributed by atoms with E-state index in [0.717, 1.165) is 6.42 Å². The highest BCUT2D eigenvalue weighted by Gasteiger charge is 2.27. The maximum atomic E-state index is 13.5. The van der Waals surface area contributed by atoms with E-state index in [1.807, 2.05) is 0 Å². The van der Waals surface area contributed by atoms with Crippen LogP contribution in [-0.2, 0) is 4.79 Å². The van der Waals surface area contributed by atoms with Crippen LogP contribution in [-0.4, -0.2) is 17.1 Å². The molecule has 0 unspecified atom stereocenters. The molecule has 1 aromatic rings. The van der Waals surface area contributed by atoms with Crippen molar-refractivity contribution in [3.63, 3.8) is 0 Å². The van der Waals surface area contributed by atoms with Crippen LogP contribution in [0.25, 0.3) is 6.08 Å². The number of hydrogen-bond donors (Lipinski definition) is 3. The summed E-state index contributed by atoms with van der Waals surface area (Å²) >= 11 is 5.22. The van der Waals surface area contributed by atoms with Gasteiger partial charge < -0.3 is 5.32 Å². The summed E-state index contributed by atoms with van der Waals surface area (Å²) in [7, 11) is 0. The molecule has 1 aromatic carbocycles. The second kappa shape index (κ2) is 8.78. The largest absolute Gasteiger partial charge is 0.358 e. The normalized spacial score (nSPS) is 23.7. The molecule has 4 nitrogen and oxygen atoms in total. The van der Waals surface area contributed by atoms with E-state index in [-0.39, 0.29) is 5.82 Å². The first-order chi connectivity index (χ1) is 11.5. The van der Waals surface area contributed by atoms with Crippen molar-refractivity contribution in [3.05, 3.63) is 41.7 Å². The quantitative estimate of drug-likeness (QED) is 0.446. The lowest BCUT2D eigenvalue weighted by Gasteiger charge is -2.35. The number of thiocarbonyl (C=S) groups is 1. The SMILES string of the molecule is C[C@@H]1[C@H](C)CCC[C@H]1NC(=S)NNC(=O)/C=C/c1ccccc1F. The fourth-order valence-corrected chi connectivity index (χ4v) is 3.13. The Morgan fingerprint density at radius 3 is 2.75 bits per heavy atom. The van der Waals surface area contributed by atoms with Gasteiger partial charge >= 0.3 is 0 Å². The van der Waals surface area contributed by atoms with E-state index < -0.39 is 5.91 Å². The summed E-state index contributed by atoms with van der Waals surface area (Å²) in [5.41, 5.74) is 5.54. The first-order valence-corrected chi connectivity index (χ1v) is 8.67. The summed E-state index contributed by atoms with van der Waals surface area (Å²) < 4.78 is 13.5. The Hall–Kier alpha value is -1.95. The van der Waals surface area contributed by atoms with Gasteiger partial charge in [-0.05, 0) is 42.6 Å². The van der Waals surface area contributed by atoms with Crippen molar-refractivity contribution >= 4 is 29.3 Å². The summed E-state index contributed by atoms with van der Waals surface area (Å²) in [6.45, 7) is 4.48. The van der Waals surface area contributed by atoms with Crippen LogP contribution in [0.5, 0.6) is 0 Å². The Morgan fingerprint density at radius 1 is 1.25 bits per heavy atom. The Balaban J connectivity index is 1.77. The number of nitrogens with one attached hydrogen (secondary N) is 3. The van der Waals surface area contributed by atoms with Crippen LogP contribution in [0.3, 0.4) is 0 Å². The molecule has 2 rings (SSSR count). The molecule has 1 saturated carbocycles. The molecule has 0 bridgehead atoms. The Bertz CT molecular complexity index is 620. The molecule has 0 spiro atoms. The van der Waals surface area contributed by atoms with E-state index in [2.05, 4.69) is 30.0 Å². The van der Waals surface area contributed by atoms with Crippen molar-refractivity contribution in [2.75, 3.05) is 0 Å². The number of hydrogen-bond acceptors (Lipinski definition) is 2. The molecule has 3 N–H and O–H groups in total. The lowest BCUT2D eigenvalue weighted by atomic mass is 9.78. The fourth-order valence-electron chi connectivity index (χ4n) is 2.93. The van der Waals surface area contributed by atoms with Crippen LogP contribution in [0.1, 0.15) is 38.7 Å². The van der Waals surface area contributed by atoms with Gasteiger partial charge in [0.2, 0.25) is 0 Å². The fraction of sp³-hybridized carbons (Fsp3) is 0.444. The first-order valence-electron chi connectivity index (χ1n) is 8.26. The van der Waals surface area contributed by atoms with Gasteiger partial charge in [-0.25, -0.2) is 4.39 Å². The predicted octanol–water partition coefficient (Wildman–Crippen LogP) is 3.16. The molecule has 1 aliphatic rings. The zero-order valence-electron chi connectivity index (χ0n) is 14.0. The molecule has 0 saturated heterocycles. The zero-order valence-corrected chi connectivity index (χ0v) is 14.8. The summed E-state index contributed by atoms with van der Waals surface area (Å²) in [6, 6.07) is 6.58. The summed E-state index contributed by atoms with van der Waals surface area (Å²) in [6.07, 6.45) is 6.20. The topological polar surface area (TPSA) is 53.2 Å². The van der Waals surface area contributed by atoms with E-state index >= 15 is 0 Å². The Morgan fingerprint density at radius 2 is 2.00 bits per heavy atom. The highest BCUT2D eigenvalue weighted by molar-refractivity contribution is 7.80. The van der Waals surface area contributed by atoms with Crippen LogP contribution in [0.15, 0.2) is 30.3 Å². The van der Waals surface area contributed by atoms with Crippen LogP contribution >= 0.6 is 12.2 Å². The molecule has 0 aromatic heterocycles. The number of halogens is 1. The summed E-state index contributed by atoms with van der Waals surface area (Å²) in [4.78, 5) is 11.8. The molecule has 1 aliphatic carbocycles. The van der Waals surface area contributed by atoms with E-state index in [0.29, 0.717) is 28.6 Å². The third kappa shape index (κ3) is 5.30. The van der Waals surface area contributed by atoms with Crippen molar-refractivity contribution in [1.29, 1.82) is 0 Å². The molecule has 1 amide bonds. The molecule has 0 radical (unpaired) electrons. The van der Waals surface area contributed by atoms with Crippen LogP contribution in [0.2, 0.25) is 0 Å². The third-order valence-electron chi connectivity index (χ3n) is 4.64. The minimum atomic E-state index is -0.396. The van der Waals surface area contributed by atoms with Crippen molar-refractivity contribution in [3.8, 4) is 0 Å². The molecule has 24 heavy (non-hydrogen) atoms. The number of amides is 1. The summed E-state index contributed by atoms with van der Waals surface area (Å²) in [5.74, 6) is 0.437. The van der Waals surface area contributed by atoms with Crippen LogP contribution in [0, 0.1) is 17.7 Å². The molecule has 0 heterocycles. The molecule has 3 atom stereocenters. The molecular weight excluding hydrogens is 325 g/mol. The van der Waals surface area contributed by atoms with Gasteiger partial charge in [0.15, 0.2) is 5.11 Å². The van der Waals surface area contributed by atoms with Crippen molar-refractivity contribution in [2.24, 2.45) is 11.8 Å². The minimum absolute atomic E-state index is 0.319. The maximum absolute atomic E-state index is 13.5. The summed E-state index contributed by atoms with van der Waals surface area (Å²) in [5, 5.41) is 3.66. The van der Waals surface area contributed by atoms with E-state index in [1.165, 1.54) is 31.1 Å². The molecule has 0 aliphatic heterocycles. The standard InChI is InChI=1S/C18H24FN3OS/c1-12-6-5-9-16(13(12)2)20-18(24)22-21-17(23)11-10-14-7-3-4-8-15(14)19/h3-4,7-8,10-13,16H,5-6,9H2,1-2H3,(H,21,23)(H2,20,22,24)/b11-10+/t12-,13-,16-/m1/s1. The second-order valence-corrected chi connectivity index (χ2v) is 6.72. The monoisotopic (exact) mass is 349 g/mol. The number of carbonyl (C=O) groups is 1. The Kier molecular flexibility index (Phi) is 6.73. The maximum Gasteiger partial charge on any atom is 0.262 e. The minimum Gasteiger partial charge on any atom is -0.358 e. The highest BCUT2D eigenvalue weighted by Crippen LogP contribution is 2.29. The van der Waals surface area contributed by atoms with Gasteiger partial charge in [-0.15, -0.1) is 0 Å². The third-order valence-corrected chi connectivity index (χ3v) is 4.86. The van der Waals surface area contributed by atoms with Gasteiger partial charge in [-0.3, -0.25) is 15.6 Å². The van der Waals surface area contributed by atoms with Gasteiger partial charge in [0.25, 0.3) is 5.91 Å². The first kappa shape index (κ1) is 18.4. The van der Waals surface area contributed by atoms with E-state index in [4.69, 9.17) is 12.2 Å². The average molecular weight is 349 g/mol. The number of rotatable bonds is 3. The second-order valence-electron chi connectivity index (χ2n) is 6.32. The lowest BCUT2D eigenvalue weighted by molar-refractivity contribution is -0.116. The number of benzene rings is 1. The molecule has 1 fully saturated rings. The molecule has 6 heteroatoms. The van der Waals surface area contributed by atoms with E-state index in [9.17, 15) is 9.18 Å². The van der Waals surface area contributed by atoms with Crippen molar-refractivity contribution in [2.45, 2.75) is 39.2 Å². The van der Waals surface area contributed by atoms with Gasteiger partial charge in [-0.2, -0.15) is 0 Å². The van der Waals surface area contributed by atoms with Gasteiger partial charge in [-0.1, -0.05) is 44.9 Å². The number of hydrazine groups is 1. The predicted molar refractivity (Wildman–Crippen MR) is 98.4 cm³/mol. The van der Waals surface area contributed by atoms with Crippen LogP contribution in [0.4, 0.5) is 4.39 Å². The molecule has 130 valence electrons. The van der Waals surface area contributed by atoms with Gasteiger partial charge in [0, 0.05) is 17.7 Å². The molecular formula is C18H24FN3OS. The van der Waals surface area contributed by atoms with Gasteiger partial charge in [0.1, 0.15) is 5.82 Å². The van der Waals surface area contributed by atoms with Crippen molar-refractivity contribution in [1.82, 2.24) is 16.2 Å². The van der Waals surface area contributed by atoms with E-state index in [1.54, 1.807) is 18.2 Å². The Labute approximate surface area is 147 Å². The highest BCUT2D eigenvalue weighted by atomic mass is 32.1. The number of carbonyl (C=O) groups excluding carboxylic acids is 1. The smallest absolute Gasteiger partial charge is 0.262 e. The van der Waals surface area contributed by atoms with Crippen LogP contribution < -0.4 is 16.2 Å². The van der Waals surface area contributed by atoms with Gasteiger partial charge in [0.05, 0.1) is 0 Å². The van der Waals surface area contributed by atoms with Crippen molar-refractivity contribution < 1.29 is 9.18 Å². The lowest BCUT2D eigenvalue weighted by Crippen LogP contribution is -2.52. The zero-order chi connectivity index (χ0) is 17.5.